The molecule has 0 unspecified atom stereocenters. The number of amides is 1. The van der Waals surface area contributed by atoms with Crippen LogP contribution in [0.2, 0.25) is 0 Å². The Hall–Kier alpha value is -1.43. The highest BCUT2D eigenvalue weighted by Gasteiger charge is 2.50. The number of morpholine rings is 1. The molecule has 0 bridgehead atoms. The molecule has 0 saturated carbocycles. The molecular weight excluding hydrogens is 290 g/mol. The molecule has 4 rings (SSSR count). The van der Waals surface area contributed by atoms with Crippen LogP contribution in [-0.2, 0) is 16.0 Å². The molecular formula is C18H25N3O2. The summed E-state index contributed by atoms with van der Waals surface area (Å²) in [7, 11) is 2.14. The first-order chi connectivity index (χ1) is 11.2. The van der Waals surface area contributed by atoms with Crippen LogP contribution in [0.3, 0.4) is 0 Å². The number of fused-ring (bicyclic) bond motifs is 1. The van der Waals surface area contributed by atoms with E-state index in [9.17, 15) is 4.79 Å². The van der Waals surface area contributed by atoms with E-state index in [1.807, 2.05) is 23.1 Å². The molecule has 3 saturated heterocycles. The van der Waals surface area contributed by atoms with Crippen molar-refractivity contribution in [3.63, 3.8) is 0 Å². The predicted octanol–water partition coefficient (Wildman–Crippen LogP) is 0.360. The Balaban J connectivity index is 1.49. The van der Waals surface area contributed by atoms with Gasteiger partial charge in [-0.25, -0.2) is 0 Å². The maximum atomic E-state index is 13.2. The number of ether oxygens (including phenoxy) is 1. The maximum Gasteiger partial charge on any atom is 0.231 e. The smallest absolute Gasteiger partial charge is 0.231 e. The van der Waals surface area contributed by atoms with Crippen molar-refractivity contribution in [1.82, 2.24) is 15.1 Å². The number of carbonyl (C=O) groups is 1. The Kier molecular flexibility index (Phi) is 3.87. The quantitative estimate of drug-likeness (QED) is 0.875. The first-order valence-corrected chi connectivity index (χ1v) is 8.54. The molecule has 0 radical (unpaired) electrons. The summed E-state index contributed by atoms with van der Waals surface area (Å²) in [5.74, 6) is 0.298. The Morgan fingerprint density at radius 2 is 2.09 bits per heavy atom. The summed E-state index contributed by atoms with van der Waals surface area (Å²) < 4.78 is 5.88. The van der Waals surface area contributed by atoms with Gasteiger partial charge in [0, 0.05) is 32.7 Å². The fourth-order valence-electron chi connectivity index (χ4n) is 4.12. The largest absolute Gasteiger partial charge is 0.373 e. The Morgan fingerprint density at radius 3 is 2.74 bits per heavy atom. The molecule has 1 amide bonds. The molecule has 1 aromatic carbocycles. The second kappa shape index (κ2) is 5.89. The molecule has 5 nitrogen and oxygen atoms in total. The Bertz CT molecular complexity index is 573. The average molecular weight is 315 g/mol. The molecule has 0 spiro atoms. The van der Waals surface area contributed by atoms with Gasteiger partial charge in [0.05, 0.1) is 24.2 Å². The van der Waals surface area contributed by atoms with Crippen LogP contribution in [-0.4, -0.2) is 74.2 Å². The van der Waals surface area contributed by atoms with Gasteiger partial charge in [0.25, 0.3) is 0 Å². The van der Waals surface area contributed by atoms with Crippen LogP contribution < -0.4 is 5.32 Å². The standard InChI is InChI=1S/C18H25N3O2/c1-20-7-8-23-16-11-21(10-15(16)20)17(22)18(12-19-13-18)9-14-5-3-2-4-6-14/h2-6,15-16,19H,7-13H2,1H3/t15-,16-/m0/s1. The van der Waals surface area contributed by atoms with Gasteiger partial charge in [0.15, 0.2) is 0 Å². The lowest BCUT2D eigenvalue weighted by atomic mass is 9.75. The van der Waals surface area contributed by atoms with Crippen LogP contribution in [0.25, 0.3) is 0 Å². The molecule has 0 aromatic heterocycles. The summed E-state index contributed by atoms with van der Waals surface area (Å²) in [5, 5.41) is 3.31. The highest BCUT2D eigenvalue weighted by atomic mass is 16.5. The van der Waals surface area contributed by atoms with Gasteiger partial charge >= 0.3 is 0 Å². The van der Waals surface area contributed by atoms with Gasteiger partial charge in [0.2, 0.25) is 5.91 Å². The van der Waals surface area contributed by atoms with E-state index in [2.05, 4.69) is 29.4 Å². The van der Waals surface area contributed by atoms with Crippen LogP contribution >= 0.6 is 0 Å². The van der Waals surface area contributed by atoms with E-state index in [-0.39, 0.29) is 11.5 Å². The highest BCUT2D eigenvalue weighted by molar-refractivity contribution is 5.85. The molecule has 2 atom stereocenters. The maximum absolute atomic E-state index is 13.2. The van der Waals surface area contributed by atoms with Crippen molar-refractivity contribution in [1.29, 1.82) is 0 Å². The molecule has 124 valence electrons. The number of nitrogens with zero attached hydrogens (tertiary/aromatic N) is 2. The number of hydrogen-bond donors (Lipinski definition) is 1. The molecule has 1 N–H and O–H groups in total. The molecule has 23 heavy (non-hydrogen) atoms. The SMILES string of the molecule is CN1CCO[C@H]2CN(C(=O)C3(Cc4ccccc4)CNC3)C[C@@H]21. The summed E-state index contributed by atoms with van der Waals surface area (Å²) in [6.07, 6.45) is 1.00. The zero-order valence-corrected chi connectivity index (χ0v) is 13.7. The number of likely N-dealkylation sites (N-methyl/N-ethyl adjacent to an activating group) is 1. The number of benzene rings is 1. The van der Waals surface area contributed by atoms with Crippen LogP contribution in [0.15, 0.2) is 30.3 Å². The first kappa shape index (κ1) is 15.1. The predicted molar refractivity (Wildman–Crippen MR) is 88.2 cm³/mol. The number of carbonyl (C=O) groups excluding carboxylic acids is 1. The monoisotopic (exact) mass is 315 g/mol. The summed E-state index contributed by atoms with van der Waals surface area (Å²) in [6, 6.07) is 10.7. The zero-order valence-electron chi connectivity index (χ0n) is 13.7. The van der Waals surface area contributed by atoms with Crippen molar-refractivity contribution in [2.75, 3.05) is 46.4 Å². The summed E-state index contributed by atoms with van der Waals surface area (Å²) in [6.45, 7) is 4.84. The summed E-state index contributed by atoms with van der Waals surface area (Å²) in [4.78, 5) is 17.6. The molecule has 3 heterocycles. The summed E-state index contributed by atoms with van der Waals surface area (Å²) in [5.41, 5.74) is 0.972. The van der Waals surface area contributed by atoms with Crippen molar-refractivity contribution < 1.29 is 9.53 Å². The van der Waals surface area contributed by atoms with Gasteiger partial charge in [-0.15, -0.1) is 0 Å². The third kappa shape index (κ3) is 2.67. The number of hydrogen-bond acceptors (Lipinski definition) is 4. The van der Waals surface area contributed by atoms with Gasteiger partial charge in [-0.2, -0.15) is 0 Å². The van der Waals surface area contributed by atoms with Gasteiger partial charge < -0.3 is 15.0 Å². The van der Waals surface area contributed by atoms with Crippen molar-refractivity contribution in [2.45, 2.75) is 18.6 Å². The Labute approximate surface area is 137 Å². The fourth-order valence-corrected chi connectivity index (χ4v) is 4.12. The lowest BCUT2D eigenvalue weighted by Gasteiger charge is -2.43. The topological polar surface area (TPSA) is 44.8 Å². The van der Waals surface area contributed by atoms with Crippen LogP contribution in [0.5, 0.6) is 0 Å². The minimum absolute atomic E-state index is 0.180. The van der Waals surface area contributed by atoms with Crippen molar-refractivity contribution in [3.05, 3.63) is 35.9 Å². The van der Waals surface area contributed by atoms with Crippen LogP contribution in [0, 0.1) is 5.41 Å². The lowest BCUT2D eigenvalue weighted by molar-refractivity contribution is -0.144. The van der Waals surface area contributed by atoms with E-state index >= 15 is 0 Å². The zero-order chi connectivity index (χ0) is 15.9. The van der Waals surface area contributed by atoms with E-state index in [4.69, 9.17) is 4.74 Å². The number of rotatable bonds is 3. The molecule has 0 aliphatic carbocycles. The molecule has 3 aliphatic heterocycles. The third-order valence-corrected chi connectivity index (χ3v) is 5.63. The van der Waals surface area contributed by atoms with E-state index in [0.29, 0.717) is 11.9 Å². The lowest BCUT2D eigenvalue weighted by Crippen LogP contribution is -2.63. The normalized spacial score (nSPS) is 29.9. The van der Waals surface area contributed by atoms with Crippen molar-refractivity contribution in [3.8, 4) is 0 Å². The minimum atomic E-state index is -0.270. The van der Waals surface area contributed by atoms with E-state index in [1.54, 1.807) is 0 Å². The summed E-state index contributed by atoms with van der Waals surface area (Å²) >= 11 is 0. The van der Waals surface area contributed by atoms with Gasteiger partial charge in [-0.3, -0.25) is 9.69 Å². The van der Waals surface area contributed by atoms with Crippen molar-refractivity contribution >= 4 is 5.91 Å². The van der Waals surface area contributed by atoms with Crippen LogP contribution in [0.4, 0.5) is 0 Å². The Morgan fingerprint density at radius 1 is 1.30 bits per heavy atom. The average Bonchev–Trinajstić information content (AvgIpc) is 2.97. The van der Waals surface area contributed by atoms with E-state index in [0.717, 1.165) is 45.8 Å². The number of nitrogens with one attached hydrogen (secondary N) is 1. The first-order valence-electron chi connectivity index (χ1n) is 8.54. The fraction of sp³-hybridized carbons (Fsp3) is 0.611. The second-order valence-corrected chi connectivity index (χ2v) is 7.21. The number of likely N-dealkylation sites (tertiary alicyclic amines) is 1. The third-order valence-electron chi connectivity index (χ3n) is 5.63. The van der Waals surface area contributed by atoms with Gasteiger partial charge in [-0.05, 0) is 19.0 Å². The highest BCUT2D eigenvalue weighted by Crippen LogP contribution is 2.33. The molecule has 3 fully saturated rings. The van der Waals surface area contributed by atoms with E-state index in [1.165, 1.54) is 5.56 Å². The molecule has 5 heteroatoms. The minimum Gasteiger partial charge on any atom is -0.373 e. The van der Waals surface area contributed by atoms with Crippen LogP contribution in [0.1, 0.15) is 5.56 Å². The molecule has 1 aromatic rings. The van der Waals surface area contributed by atoms with Gasteiger partial charge in [-0.1, -0.05) is 30.3 Å². The molecule has 3 aliphatic rings. The van der Waals surface area contributed by atoms with E-state index < -0.39 is 0 Å². The second-order valence-electron chi connectivity index (χ2n) is 7.21. The van der Waals surface area contributed by atoms with Crippen molar-refractivity contribution in [2.24, 2.45) is 5.41 Å². The van der Waals surface area contributed by atoms with Gasteiger partial charge in [0.1, 0.15) is 0 Å².